The first-order valence-electron chi connectivity index (χ1n) is 7.75. The molecule has 3 unspecified atom stereocenters. The van der Waals surface area contributed by atoms with Gasteiger partial charge in [-0.3, -0.25) is 0 Å². The van der Waals surface area contributed by atoms with Crippen molar-refractivity contribution in [1.29, 1.82) is 0 Å². The zero-order valence-electron chi connectivity index (χ0n) is 12.6. The monoisotopic (exact) mass is 270 g/mol. The Bertz CT molecular complexity index is 259. The van der Waals surface area contributed by atoms with Gasteiger partial charge in [-0.1, -0.05) is 6.42 Å². The van der Waals surface area contributed by atoms with Gasteiger partial charge in [0.1, 0.15) is 0 Å². The normalized spacial score (nSPS) is 33.6. The lowest BCUT2D eigenvalue weighted by Gasteiger charge is -2.50. The number of ether oxygens (including phenoxy) is 1. The molecule has 1 saturated carbocycles. The van der Waals surface area contributed by atoms with Crippen molar-refractivity contribution in [1.82, 2.24) is 10.2 Å². The molecule has 0 radical (unpaired) electrons. The van der Waals surface area contributed by atoms with Gasteiger partial charge in [-0.25, -0.2) is 0 Å². The minimum Gasteiger partial charge on any atom is -0.395 e. The first-order valence-corrected chi connectivity index (χ1v) is 7.75. The van der Waals surface area contributed by atoms with Crippen LogP contribution >= 0.6 is 0 Å². The predicted octanol–water partition coefficient (Wildman–Crippen LogP) is 1.09. The fourth-order valence-corrected chi connectivity index (χ4v) is 3.79. The highest BCUT2D eigenvalue weighted by molar-refractivity contribution is 4.96. The lowest BCUT2D eigenvalue weighted by Crippen LogP contribution is -2.61. The molecule has 0 aromatic heterocycles. The standard InChI is InChI=1S/C15H30N2O2/c1-11(2)17-7-12-5-4-6-13(8-17)15(12)16-14(9-18)10-19-3/h11-16,18H,4-10H2,1-3H3. The summed E-state index contributed by atoms with van der Waals surface area (Å²) in [5.74, 6) is 1.47. The van der Waals surface area contributed by atoms with Gasteiger partial charge in [0.25, 0.3) is 0 Å². The molecule has 112 valence electrons. The summed E-state index contributed by atoms with van der Waals surface area (Å²) >= 11 is 0. The van der Waals surface area contributed by atoms with E-state index in [0.29, 0.717) is 18.7 Å². The third-order valence-electron chi connectivity index (χ3n) is 4.85. The molecule has 1 aliphatic carbocycles. The Morgan fingerprint density at radius 3 is 2.37 bits per heavy atom. The van der Waals surface area contributed by atoms with Crippen LogP contribution in [-0.2, 0) is 4.74 Å². The Hall–Kier alpha value is -0.160. The van der Waals surface area contributed by atoms with Crippen LogP contribution in [0.3, 0.4) is 0 Å². The van der Waals surface area contributed by atoms with Crippen LogP contribution < -0.4 is 5.32 Å². The highest BCUT2D eigenvalue weighted by atomic mass is 16.5. The van der Waals surface area contributed by atoms with Crippen LogP contribution in [0.2, 0.25) is 0 Å². The smallest absolute Gasteiger partial charge is 0.0638 e. The summed E-state index contributed by atoms with van der Waals surface area (Å²) in [6, 6.07) is 1.30. The highest BCUT2D eigenvalue weighted by Crippen LogP contribution is 2.35. The molecule has 3 atom stereocenters. The van der Waals surface area contributed by atoms with E-state index in [1.165, 1.54) is 32.4 Å². The van der Waals surface area contributed by atoms with E-state index in [-0.39, 0.29) is 12.6 Å². The molecule has 2 aliphatic rings. The van der Waals surface area contributed by atoms with Crippen molar-refractivity contribution in [2.24, 2.45) is 11.8 Å². The summed E-state index contributed by atoms with van der Waals surface area (Å²) in [6.07, 6.45) is 4.01. The molecule has 2 fully saturated rings. The molecule has 2 N–H and O–H groups in total. The van der Waals surface area contributed by atoms with Crippen molar-refractivity contribution in [3.05, 3.63) is 0 Å². The van der Waals surface area contributed by atoms with E-state index in [0.717, 1.165) is 11.8 Å². The van der Waals surface area contributed by atoms with Gasteiger partial charge < -0.3 is 20.1 Å². The summed E-state index contributed by atoms with van der Waals surface area (Å²) in [6.45, 7) is 7.77. The van der Waals surface area contributed by atoms with Gasteiger partial charge in [-0.2, -0.15) is 0 Å². The minimum atomic E-state index is 0.0868. The van der Waals surface area contributed by atoms with Crippen LogP contribution in [0.15, 0.2) is 0 Å². The molecular weight excluding hydrogens is 240 g/mol. The molecule has 2 bridgehead atoms. The molecule has 0 aromatic rings. The van der Waals surface area contributed by atoms with Gasteiger partial charge in [0.15, 0.2) is 0 Å². The maximum Gasteiger partial charge on any atom is 0.0638 e. The quantitative estimate of drug-likeness (QED) is 0.758. The molecule has 0 spiro atoms. The molecule has 1 saturated heterocycles. The van der Waals surface area contributed by atoms with Crippen molar-refractivity contribution >= 4 is 0 Å². The number of hydrogen-bond donors (Lipinski definition) is 2. The second-order valence-electron chi connectivity index (χ2n) is 6.53. The van der Waals surface area contributed by atoms with Crippen LogP contribution in [0, 0.1) is 11.8 Å². The van der Waals surface area contributed by atoms with Crippen molar-refractivity contribution in [2.75, 3.05) is 33.4 Å². The maximum absolute atomic E-state index is 9.44. The van der Waals surface area contributed by atoms with Gasteiger partial charge in [-0.05, 0) is 38.5 Å². The second-order valence-corrected chi connectivity index (χ2v) is 6.53. The first kappa shape index (κ1) is 15.2. The molecule has 1 heterocycles. The summed E-state index contributed by atoms with van der Waals surface area (Å²) < 4.78 is 5.18. The van der Waals surface area contributed by atoms with Gasteiger partial charge >= 0.3 is 0 Å². The van der Waals surface area contributed by atoms with E-state index in [9.17, 15) is 5.11 Å². The lowest BCUT2D eigenvalue weighted by atomic mass is 9.73. The van der Waals surface area contributed by atoms with Crippen LogP contribution in [0.5, 0.6) is 0 Å². The Morgan fingerprint density at radius 2 is 1.89 bits per heavy atom. The van der Waals surface area contributed by atoms with Gasteiger partial charge in [0, 0.05) is 32.3 Å². The zero-order valence-corrected chi connectivity index (χ0v) is 12.6. The molecule has 1 aliphatic heterocycles. The van der Waals surface area contributed by atoms with E-state index in [1.807, 2.05) is 0 Å². The topological polar surface area (TPSA) is 44.7 Å². The number of rotatable bonds is 6. The van der Waals surface area contributed by atoms with Gasteiger partial charge in [-0.15, -0.1) is 0 Å². The Labute approximate surface area is 117 Å². The first-order chi connectivity index (χ1) is 9.15. The fraction of sp³-hybridized carbons (Fsp3) is 1.00. The van der Waals surface area contributed by atoms with Crippen molar-refractivity contribution in [3.63, 3.8) is 0 Å². The summed E-state index contributed by atoms with van der Waals surface area (Å²) in [7, 11) is 1.70. The summed E-state index contributed by atoms with van der Waals surface area (Å²) in [4.78, 5) is 2.62. The van der Waals surface area contributed by atoms with Crippen LogP contribution in [0.25, 0.3) is 0 Å². The summed E-state index contributed by atoms with van der Waals surface area (Å²) in [5.41, 5.74) is 0. The van der Waals surface area contributed by atoms with Crippen LogP contribution in [-0.4, -0.2) is 61.5 Å². The Kier molecular flexibility index (Phi) is 5.63. The molecule has 2 rings (SSSR count). The molecule has 0 amide bonds. The number of aliphatic hydroxyl groups is 1. The summed E-state index contributed by atoms with van der Waals surface area (Å²) in [5, 5.41) is 13.1. The largest absolute Gasteiger partial charge is 0.395 e. The third-order valence-corrected chi connectivity index (χ3v) is 4.85. The number of piperidine rings is 1. The number of likely N-dealkylation sites (tertiary alicyclic amines) is 1. The molecule has 4 nitrogen and oxygen atoms in total. The fourth-order valence-electron chi connectivity index (χ4n) is 3.79. The maximum atomic E-state index is 9.44. The Balaban J connectivity index is 1.97. The number of methoxy groups -OCH3 is 1. The molecule has 19 heavy (non-hydrogen) atoms. The van der Waals surface area contributed by atoms with Crippen LogP contribution in [0.4, 0.5) is 0 Å². The van der Waals surface area contributed by atoms with Gasteiger partial charge in [0.2, 0.25) is 0 Å². The number of aliphatic hydroxyl groups excluding tert-OH is 1. The lowest BCUT2D eigenvalue weighted by molar-refractivity contribution is 0.0138. The number of nitrogens with zero attached hydrogens (tertiary/aromatic N) is 1. The van der Waals surface area contributed by atoms with E-state index >= 15 is 0 Å². The minimum absolute atomic E-state index is 0.0868. The van der Waals surface area contributed by atoms with Crippen LogP contribution in [0.1, 0.15) is 33.1 Å². The SMILES string of the molecule is COCC(CO)NC1C2CCCC1CN(C(C)C)C2. The average molecular weight is 270 g/mol. The Morgan fingerprint density at radius 1 is 1.26 bits per heavy atom. The van der Waals surface area contributed by atoms with E-state index in [2.05, 4.69) is 24.1 Å². The molecular formula is C15H30N2O2. The number of hydrogen-bond acceptors (Lipinski definition) is 4. The predicted molar refractivity (Wildman–Crippen MR) is 77.2 cm³/mol. The second kappa shape index (κ2) is 7.02. The van der Waals surface area contributed by atoms with Crippen molar-refractivity contribution < 1.29 is 9.84 Å². The van der Waals surface area contributed by atoms with E-state index < -0.39 is 0 Å². The van der Waals surface area contributed by atoms with E-state index in [4.69, 9.17) is 4.74 Å². The third kappa shape index (κ3) is 3.69. The zero-order chi connectivity index (χ0) is 13.8. The van der Waals surface area contributed by atoms with Gasteiger partial charge in [0.05, 0.1) is 19.3 Å². The van der Waals surface area contributed by atoms with E-state index in [1.54, 1.807) is 7.11 Å². The van der Waals surface area contributed by atoms with Crippen molar-refractivity contribution in [3.8, 4) is 0 Å². The van der Waals surface area contributed by atoms with Crippen molar-refractivity contribution in [2.45, 2.75) is 51.2 Å². The number of nitrogens with one attached hydrogen (secondary N) is 1. The molecule has 0 aromatic carbocycles. The molecule has 4 heteroatoms. The average Bonchev–Trinajstić information content (AvgIpc) is 2.37. The highest BCUT2D eigenvalue weighted by Gasteiger charge is 2.40. The number of fused-ring (bicyclic) bond motifs is 2.